The van der Waals surface area contributed by atoms with E-state index in [4.69, 9.17) is 16.9 Å². The molecular weight excluding hydrogens is 244 g/mol. The molecule has 0 bridgehead atoms. The first kappa shape index (κ1) is 9.50. The minimum absolute atomic E-state index is 0.151. The van der Waals surface area contributed by atoms with Gasteiger partial charge in [-0.2, -0.15) is 5.26 Å². The maximum atomic E-state index is 12.7. The lowest BCUT2D eigenvalue weighted by atomic mass is 10.2. The third kappa shape index (κ3) is 1.96. The summed E-state index contributed by atoms with van der Waals surface area (Å²) in [6.45, 7) is 0. The average Bonchev–Trinajstić information content (AvgIpc) is 2.00. The number of halogens is 3. The van der Waals surface area contributed by atoms with Gasteiger partial charge in [0.05, 0.1) is 17.5 Å². The zero-order valence-electron chi connectivity index (χ0n) is 5.94. The van der Waals surface area contributed by atoms with Crippen LogP contribution in [0.2, 0.25) is 5.02 Å². The van der Waals surface area contributed by atoms with Crippen molar-refractivity contribution in [1.82, 2.24) is 0 Å². The normalized spacial score (nSPS) is 9.50. The Kier molecular flexibility index (Phi) is 3.07. The molecule has 1 rings (SSSR count). The smallest absolute Gasteiger partial charge is 0.125 e. The highest BCUT2D eigenvalue weighted by molar-refractivity contribution is 9.10. The predicted molar refractivity (Wildman–Crippen MR) is 48.4 cm³/mol. The fourth-order valence-corrected chi connectivity index (χ4v) is 1.42. The predicted octanol–water partition coefficient (Wildman–Crippen LogP) is 3.31. The van der Waals surface area contributed by atoms with Gasteiger partial charge in [0.25, 0.3) is 0 Å². The SMILES string of the molecule is N#CCc1cc(F)cc(Cl)c1Br. The van der Waals surface area contributed by atoms with Crippen LogP contribution in [-0.2, 0) is 6.42 Å². The quantitative estimate of drug-likeness (QED) is 0.700. The molecule has 0 aliphatic heterocycles. The number of hydrogen-bond acceptors (Lipinski definition) is 1. The van der Waals surface area contributed by atoms with E-state index in [1.807, 2.05) is 6.07 Å². The lowest BCUT2D eigenvalue weighted by molar-refractivity contribution is 0.626. The molecule has 62 valence electrons. The van der Waals surface area contributed by atoms with Crippen molar-refractivity contribution < 1.29 is 4.39 Å². The van der Waals surface area contributed by atoms with Crippen molar-refractivity contribution in [1.29, 1.82) is 5.26 Å². The maximum absolute atomic E-state index is 12.7. The summed E-state index contributed by atoms with van der Waals surface area (Å²) in [5.41, 5.74) is 0.572. The average molecular weight is 248 g/mol. The van der Waals surface area contributed by atoms with Crippen LogP contribution in [0, 0.1) is 17.1 Å². The van der Waals surface area contributed by atoms with E-state index in [0.717, 1.165) is 0 Å². The Balaban J connectivity index is 3.20. The van der Waals surface area contributed by atoms with Crippen LogP contribution in [0.1, 0.15) is 5.56 Å². The van der Waals surface area contributed by atoms with Crippen molar-refractivity contribution in [3.05, 3.63) is 33.0 Å². The summed E-state index contributed by atoms with van der Waals surface area (Å²) < 4.78 is 13.3. The molecule has 0 atom stereocenters. The Bertz CT molecular complexity index is 346. The molecule has 0 saturated carbocycles. The van der Waals surface area contributed by atoms with Crippen LogP contribution in [-0.4, -0.2) is 0 Å². The van der Waals surface area contributed by atoms with Crippen molar-refractivity contribution in [2.75, 3.05) is 0 Å². The standard InChI is InChI=1S/C8H4BrClFN/c9-8-5(1-2-12)3-6(11)4-7(8)10/h3-4H,1H2. The first-order chi connectivity index (χ1) is 5.65. The van der Waals surface area contributed by atoms with Gasteiger partial charge >= 0.3 is 0 Å². The van der Waals surface area contributed by atoms with Crippen molar-refractivity contribution in [2.45, 2.75) is 6.42 Å². The lowest BCUT2D eigenvalue weighted by Gasteiger charge is -2.01. The second-order valence-electron chi connectivity index (χ2n) is 2.20. The summed E-state index contributed by atoms with van der Waals surface area (Å²) in [4.78, 5) is 0. The van der Waals surface area contributed by atoms with Crippen LogP contribution in [0.3, 0.4) is 0 Å². The monoisotopic (exact) mass is 247 g/mol. The van der Waals surface area contributed by atoms with Gasteiger partial charge in [0.15, 0.2) is 0 Å². The molecule has 1 nitrogen and oxygen atoms in total. The van der Waals surface area contributed by atoms with Gasteiger partial charge in [-0.25, -0.2) is 4.39 Å². The molecule has 0 unspecified atom stereocenters. The van der Waals surface area contributed by atoms with Crippen molar-refractivity contribution in [3.63, 3.8) is 0 Å². The molecule has 0 spiro atoms. The second kappa shape index (κ2) is 3.88. The van der Waals surface area contributed by atoms with Crippen LogP contribution in [0.25, 0.3) is 0 Å². The summed E-state index contributed by atoms with van der Waals surface area (Å²) in [7, 11) is 0. The van der Waals surface area contributed by atoms with E-state index < -0.39 is 5.82 Å². The minimum Gasteiger partial charge on any atom is -0.207 e. The second-order valence-corrected chi connectivity index (χ2v) is 3.40. The molecule has 0 saturated heterocycles. The summed E-state index contributed by atoms with van der Waals surface area (Å²) >= 11 is 8.82. The molecule has 4 heteroatoms. The molecule has 1 aromatic carbocycles. The van der Waals surface area contributed by atoms with Gasteiger partial charge in [0.1, 0.15) is 5.82 Å². The van der Waals surface area contributed by atoms with Crippen molar-refractivity contribution in [2.24, 2.45) is 0 Å². The van der Waals surface area contributed by atoms with Crippen LogP contribution in [0.5, 0.6) is 0 Å². The Morgan fingerprint density at radius 2 is 2.25 bits per heavy atom. The Hall–Kier alpha value is -0.590. The third-order valence-electron chi connectivity index (χ3n) is 1.34. The molecule has 0 fully saturated rings. The zero-order valence-corrected chi connectivity index (χ0v) is 8.28. The van der Waals surface area contributed by atoms with Gasteiger partial charge in [-0.3, -0.25) is 0 Å². The highest BCUT2D eigenvalue weighted by atomic mass is 79.9. The van der Waals surface area contributed by atoms with E-state index in [-0.39, 0.29) is 6.42 Å². The van der Waals surface area contributed by atoms with E-state index in [1.54, 1.807) is 0 Å². The third-order valence-corrected chi connectivity index (χ3v) is 2.80. The summed E-state index contributed by atoms with van der Waals surface area (Å²) in [6, 6.07) is 4.42. The van der Waals surface area contributed by atoms with Gasteiger partial charge in [0, 0.05) is 4.47 Å². The Morgan fingerprint density at radius 1 is 1.58 bits per heavy atom. The van der Waals surface area contributed by atoms with E-state index in [0.29, 0.717) is 15.1 Å². The molecule has 0 radical (unpaired) electrons. The molecular formula is C8H4BrClFN. The van der Waals surface area contributed by atoms with E-state index in [2.05, 4.69) is 15.9 Å². The highest BCUT2D eigenvalue weighted by Gasteiger charge is 2.06. The molecule has 0 heterocycles. The van der Waals surface area contributed by atoms with E-state index in [1.165, 1.54) is 12.1 Å². The molecule has 12 heavy (non-hydrogen) atoms. The first-order valence-corrected chi connectivity index (χ1v) is 4.32. The van der Waals surface area contributed by atoms with Gasteiger partial charge in [-0.1, -0.05) is 11.6 Å². The number of rotatable bonds is 1. The van der Waals surface area contributed by atoms with Crippen LogP contribution in [0.4, 0.5) is 4.39 Å². The summed E-state index contributed by atoms with van der Waals surface area (Å²) in [5.74, 6) is -0.423. The van der Waals surface area contributed by atoms with Gasteiger partial charge in [0.2, 0.25) is 0 Å². The fraction of sp³-hybridized carbons (Fsp3) is 0.125. The Labute approximate surface area is 82.9 Å². The van der Waals surface area contributed by atoms with Crippen LogP contribution >= 0.6 is 27.5 Å². The first-order valence-electron chi connectivity index (χ1n) is 3.15. The van der Waals surface area contributed by atoms with Gasteiger partial charge < -0.3 is 0 Å². The largest absolute Gasteiger partial charge is 0.207 e. The lowest BCUT2D eigenvalue weighted by Crippen LogP contribution is -1.87. The highest BCUT2D eigenvalue weighted by Crippen LogP contribution is 2.27. The molecule has 0 N–H and O–H groups in total. The van der Waals surface area contributed by atoms with Crippen molar-refractivity contribution >= 4 is 27.5 Å². The summed E-state index contributed by atoms with van der Waals surface area (Å²) in [5, 5.41) is 8.68. The van der Waals surface area contributed by atoms with Gasteiger partial charge in [-0.05, 0) is 33.6 Å². The maximum Gasteiger partial charge on any atom is 0.125 e. The van der Waals surface area contributed by atoms with Gasteiger partial charge in [-0.15, -0.1) is 0 Å². The Morgan fingerprint density at radius 3 is 2.83 bits per heavy atom. The van der Waals surface area contributed by atoms with Crippen LogP contribution < -0.4 is 0 Å². The molecule has 1 aromatic rings. The molecule has 0 aliphatic rings. The summed E-state index contributed by atoms with van der Waals surface area (Å²) in [6.07, 6.45) is 0.151. The number of nitrogens with zero attached hydrogens (tertiary/aromatic N) is 1. The van der Waals surface area contributed by atoms with E-state index >= 15 is 0 Å². The van der Waals surface area contributed by atoms with E-state index in [9.17, 15) is 4.39 Å². The number of hydrogen-bond donors (Lipinski definition) is 0. The van der Waals surface area contributed by atoms with Crippen LogP contribution in [0.15, 0.2) is 16.6 Å². The molecule has 0 amide bonds. The minimum atomic E-state index is -0.423. The molecule has 0 aromatic heterocycles. The topological polar surface area (TPSA) is 23.8 Å². The fourth-order valence-electron chi connectivity index (χ4n) is 0.823. The number of benzene rings is 1. The van der Waals surface area contributed by atoms with Crippen molar-refractivity contribution in [3.8, 4) is 6.07 Å². The zero-order chi connectivity index (χ0) is 9.14. The molecule has 0 aliphatic carbocycles. The number of nitriles is 1.